The molecule has 0 aliphatic carbocycles. The van der Waals surface area contributed by atoms with Crippen molar-refractivity contribution in [2.45, 2.75) is 39.3 Å². The Balaban J connectivity index is 1.72. The van der Waals surface area contributed by atoms with E-state index in [-0.39, 0.29) is 0 Å². The molecular formula is C19H30N6. The van der Waals surface area contributed by atoms with Crippen molar-refractivity contribution in [2.75, 3.05) is 36.9 Å². The topological polar surface area (TPSA) is 64.6 Å². The van der Waals surface area contributed by atoms with E-state index >= 15 is 0 Å². The van der Waals surface area contributed by atoms with Gasteiger partial charge in [0.2, 0.25) is 0 Å². The molecule has 3 N–H and O–H groups in total. The van der Waals surface area contributed by atoms with Gasteiger partial charge in [-0.1, -0.05) is 19.1 Å². The highest BCUT2D eigenvalue weighted by Crippen LogP contribution is 2.30. The van der Waals surface area contributed by atoms with Gasteiger partial charge >= 0.3 is 0 Å². The minimum absolute atomic E-state index is 0.423. The van der Waals surface area contributed by atoms with E-state index in [2.05, 4.69) is 58.3 Å². The zero-order valence-corrected chi connectivity index (χ0v) is 15.6. The summed E-state index contributed by atoms with van der Waals surface area (Å²) in [6.45, 7) is 12.1. The maximum absolute atomic E-state index is 4.67. The number of guanidine groups is 1. The van der Waals surface area contributed by atoms with Gasteiger partial charge in [0.05, 0.1) is 12.2 Å². The van der Waals surface area contributed by atoms with E-state index in [0.717, 1.165) is 49.9 Å². The summed E-state index contributed by atoms with van der Waals surface area (Å²) in [5.74, 6) is 2.27. The molecule has 6 heteroatoms. The number of nitrogens with zero attached hydrogens (tertiary/aromatic N) is 3. The first-order valence-electron chi connectivity index (χ1n) is 9.17. The summed E-state index contributed by atoms with van der Waals surface area (Å²) in [5, 5.41) is 10.4. The van der Waals surface area contributed by atoms with Crippen molar-refractivity contribution < 1.29 is 0 Å². The minimum atomic E-state index is 0.423. The molecule has 1 aromatic rings. The van der Waals surface area contributed by atoms with Crippen LogP contribution in [-0.4, -0.2) is 43.7 Å². The zero-order chi connectivity index (χ0) is 17.8. The third kappa shape index (κ3) is 4.31. The lowest BCUT2D eigenvalue weighted by molar-refractivity contribution is 0.428. The molecule has 2 aliphatic rings. The standard InChI is InChI=1S/C19H30N6/c1-13(2)14(3)12-25(4)18-17-15(5-10-21-18)11-22-19(24-17)23-16-6-8-20-9-7-16/h5,10,14,16,20H,1,6-9,11-12H2,2-4H3,(H2,22,23,24). The van der Waals surface area contributed by atoms with Crippen molar-refractivity contribution in [3.63, 3.8) is 0 Å². The summed E-state index contributed by atoms with van der Waals surface area (Å²) in [5.41, 5.74) is 3.46. The van der Waals surface area contributed by atoms with Crippen LogP contribution in [-0.2, 0) is 6.54 Å². The summed E-state index contributed by atoms with van der Waals surface area (Å²) in [7, 11) is 2.09. The lowest BCUT2D eigenvalue weighted by Crippen LogP contribution is -2.46. The molecule has 1 unspecified atom stereocenters. The Morgan fingerprint density at radius 3 is 2.92 bits per heavy atom. The molecule has 3 rings (SSSR count). The lowest BCUT2D eigenvalue weighted by atomic mass is 10.0. The SMILES string of the molecule is C=C(C)C(C)CN(C)c1nccc2c1NC(NC1CCNCC1)=NC2. The van der Waals surface area contributed by atoms with Crippen molar-refractivity contribution >= 4 is 17.5 Å². The van der Waals surface area contributed by atoms with Gasteiger partial charge in [0.15, 0.2) is 11.8 Å². The van der Waals surface area contributed by atoms with E-state index in [1.165, 1.54) is 11.1 Å². The average Bonchev–Trinajstić information content (AvgIpc) is 2.61. The first-order chi connectivity index (χ1) is 12.0. The maximum Gasteiger partial charge on any atom is 0.196 e. The molecule has 25 heavy (non-hydrogen) atoms. The van der Waals surface area contributed by atoms with Crippen LogP contribution in [0.2, 0.25) is 0 Å². The summed E-state index contributed by atoms with van der Waals surface area (Å²) >= 11 is 0. The van der Waals surface area contributed by atoms with Gasteiger partial charge in [-0.05, 0) is 44.8 Å². The number of anilines is 2. The second-order valence-electron chi connectivity index (χ2n) is 7.26. The summed E-state index contributed by atoms with van der Waals surface area (Å²) in [6.07, 6.45) is 4.13. The number of rotatable bonds is 5. The smallest absolute Gasteiger partial charge is 0.196 e. The van der Waals surface area contributed by atoms with Crippen LogP contribution in [0.4, 0.5) is 11.5 Å². The molecule has 2 aliphatic heterocycles. The van der Waals surface area contributed by atoms with Crippen LogP contribution in [0.25, 0.3) is 0 Å². The number of fused-ring (bicyclic) bond motifs is 1. The molecule has 1 atom stereocenters. The number of hydrogen-bond acceptors (Lipinski definition) is 6. The number of aromatic nitrogens is 1. The lowest BCUT2D eigenvalue weighted by Gasteiger charge is -2.30. The van der Waals surface area contributed by atoms with Gasteiger partial charge in [-0.3, -0.25) is 0 Å². The Kier molecular flexibility index (Phi) is 5.58. The molecule has 0 aromatic carbocycles. The Morgan fingerprint density at radius 1 is 1.44 bits per heavy atom. The molecule has 1 aromatic heterocycles. The van der Waals surface area contributed by atoms with E-state index in [0.29, 0.717) is 18.5 Å². The van der Waals surface area contributed by atoms with E-state index in [1.807, 2.05) is 12.3 Å². The molecule has 1 fully saturated rings. The molecule has 0 saturated carbocycles. The number of nitrogens with one attached hydrogen (secondary N) is 3. The van der Waals surface area contributed by atoms with Crippen LogP contribution in [0.1, 0.15) is 32.3 Å². The van der Waals surface area contributed by atoms with Gasteiger partial charge in [-0.15, -0.1) is 0 Å². The highest BCUT2D eigenvalue weighted by molar-refractivity contribution is 5.98. The second-order valence-corrected chi connectivity index (χ2v) is 7.26. The number of hydrogen-bond donors (Lipinski definition) is 3. The molecule has 6 nitrogen and oxygen atoms in total. The fraction of sp³-hybridized carbons (Fsp3) is 0.579. The fourth-order valence-electron chi connectivity index (χ4n) is 3.26. The highest BCUT2D eigenvalue weighted by atomic mass is 15.2. The fourth-order valence-corrected chi connectivity index (χ4v) is 3.26. The van der Waals surface area contributed by atoms with Crippen LogP contribution in [0.5, 0.6) is 0 Å². The van der Waals surface area contributed by atoms with Crippen LogP contribution >= 0.6 is 0 Å². The third-order valence-corrected chi connectivity index (χ3v) is 5.10. The third-order valence-electron chi connectivity index (χ3n) is 5.10. The van der Waals surface area contributed by atoms with E-state index in [9.17, 15) is 0 Å². The monoisotopic (exact) mass is 342 g/mol. The average molecular weight is 342 g/mol. The normalized spacial score (nSPS) is 18.6. The van der Waals surface area contributed by atoms with Crippen LogP contribution in [0.3, 0.4) is 0 Å². The first-order valence-corrected chi connectivity index (χ1v) is 9.17. The van der Waals surface area contributed by atoms with Gasteiger partial charge < -0.3 is 20.9 Å². The second kappa shape index (κ2) is 7.87. The molecule has 0 spiro atoms. The van der Waals surface area contributed by atoms with E-state index < -0.39 is 0 Å². The first kappa shape index (κ1) is 17.7. The van der Waals surface area contributed by atoms with Crippen LogP contribution in [0, 0.1) is 5.92 Å². The van der Waals surface area contributed by atoms with Crippen molar-refractivity contribution in [2.24, 2.45) is 10.9 Å². The molecule has 1 saturated heterocycles. The molecule has 0 radical (unpaired) electrons. The molecule has 3 heterocycles. The molecular weight excluding hydrogens is 312 g/mol. The zero-order valence-electron chi connectivity index (χ0n) is 15.6. The quantitative estimate of drug-likeness (QED) is 0.717. The predicted octanol–water partition coefficient (Wildman–Crippen LogP) is 2.35. The van der Waals surface area contributed by atoms with Crippen molar-refractivity contribution in [3.05, 3.63) is 30.0 Å². The Labute approximate surface area is 150 Å². The van der Waals surface area contributed by atoms with E-state index in [1.54, 1.807) is 0 Å². The van der Waals surface area contributed by atoms with Gasteiger partial charge in [0.1, 0.15) is 0 Å². The van der Waals surface area contributed by atoms with Gasteiger partial charge in [0.25, 0.3) is 0 Å². The Hall–Kier alpha value is -2.08. The number of aliphatic imine (C=N–C) groups is 1. The highest BCUT2D eigenvalue weighted by Gasteiger charge is 2.22. The number of pyridine rings is 1. The predicted molar refractivity (Wildman–Crippen MR) is 105 cm³/mol. The van der Waals surface area contributed by atoms with Crippen LogP contribution < -0.4 is 20.9 Å². The van der Waals surface area contributed by atoms with Crippen molar-refractivity contribution in [1.29, 1.82) is 0 Å². The summed E-state index contributed by atoms with van der Waals surface area (Å²) in [6, 6.07) is 2.53. The van der Waals surface area contributed by atoms with Crippen LogP contribution in [0.15, 0.2) is 29.4 Å². The van der Waals surface area contributed by atoms with Gasteiger partial charge in [-0.2, -0.15) is 0 Å². The molecule has 0 amide bonds. The minimum Gasteiger partial charge on any atom is -0.357 e. The summed E-state index contributed by atoms with van der Waals surface area (Å²) in [4.78, 5) is 11.5. The summed E-state index contributed by atoms with van der Waals surface area (Å²) < 4.78 is 0. The number of piperidine rings is 1. The van der Waals surface area contributed by atoms with Gasteiger partial charge in [-0.25, -0.2) is 9.98 Å². The molecule has 0 bridgehead atoms. The van der Waals surface area contributed by atoms with E-state index in [4.69, 9.17) is 0 Å². The van der Waals surface area contributed by atoms with Crippen molar-refractivity contribution in [3.8, 4) is 0 Å². The van der Waals surface area contributed by atoms with Gasteiger partial charge in [0, 0.05) is 31.4 Å². The Bertz CT molecular complexity index is 647. The Morgan fingerprint density at radius 2 is 2.20 bits per heavy atom. The largest absolute Gasteiger partial charge is 0.357 e. The molecule has 136 valence electrons. The maximum atomic E-state index is 4.67. The van der Waals surface area contributed by atoms with Crippen molar-refractivity contribution in [1.82, 2.24) is 15.6 Å².